The Morgan fingerprint density at radius 3 is 1.17 bits per heavy atom. The van der Waals surface area contributed by atoms with Gasteiger partial charge in [0.25, 0.3) is 0 Å². The topological polar surface area (TPSA) is 35.0 Å². The van der Waals surface area contributed by atoms with Gasteiger partial charge in [0.05, 0.1) is 0 Å². The van der Waals surface area contributed by atoms with Gasteiger partial charge in [-0.2, -0.15) is 13.2 Å². The number of hydrogen-bond acceptors (Lipinski definition) is 1. The molecule has 0 aromatic carbocycles. The van der Waals surface area contributed by atoms with Gasteiger partial charge in [-0.3, -0.25) is 0 Å². The number of rotatable bonds is 0. The molecule has 0 saturated heterocycles. The van der Waals surface area contributed by atoms with Crippen molar-refractivity contribution < 1.29 is 13.2 Å². The maximum Gasteiger partial charge on any atom is 0.386 e. The van der Waals surface area contributed by atoms with Gasteiger partial charge in [-0.15, -0.1) is 0 Å². The maximum absolute atomic E-state index is 10.4. The summed E-state index contributed by atoms with van der Waals surface area (Å²) in [6.07, 6.45) is -4.00. The first kappa shape index (κ1) is 9.23. The van der Waals surface area contributed by atoms with Crippen molar-refractivity contribution in [2.24, 2.45) is 0 Å². The third-order valence-corrected chi connectivity index (χ3v) is 0. The monoisotopic (exact) mass is 101 g/mol. The molecule has 0 fully saturated rings. The van der Waals surface area contributed by atoms with Gasteiger partial charge in [0.2, 0.25) is 0 Å². The lowest BCUT2D eigenvalue weighted by molar-refractivity contribution is -0.110. The predicted molar refractivity (Wildman–Crippen MR) is 16.8 cm³/mol. The first-order chi connectivity index (χ1) is 2.00. The molecule has 0 radical (unpaired) electrons. The molecule has 0 unspecified atom stereocenters. The van der Waals surface area contributed by atoms with Crippen LogP contribution in [0.15, 0.2) is 0 Å². The zero-order valence-corrected chi connectivity index (χ0v) is 3.34. The van der Waals surface area contributed by atoms with Crippen LogP contribution in [-0.4, -0.2) is 6.18 Å². The van der Waals surface area contributed by atoms with Crippen LogP contribution in [0.4, 0.5) is 13.2 Å². The molecular weight excluding hydrogens is 95.0 g/mol. The molecule has 6 heavy (non-hydrogen) atoms. The van der Waals surface area contributed by atoms with Crippen molar-refractivity contribution in [3.05, 3.63) is 0 Å². The molecule has 0 aromatic heterocycles. The maximum atomic E-state index is 10.4. The molecule has 0 saturated carbocycles. The second-order valence-electron chi connectivity index (χ2n) is 0.781. The van der Waals surface area contributed by atoms with Crippen LogP contribution >= 0.6 is 0 Å². The van der Waals surface area contributed by atoms with Gasteiger partial charge in [-0.05, 0) is 0 Å². The van der Waals surface area contributed by atoms with E-state index >= 15 is 0 Å². The molecule has 1 nitrogen and oxygen atoms in total. The first-order valence-corrected chi connectivity index (χ1v) is 1.07. The quantitative estimate of drug-likeness (QED) is 0.495. The summed E-state index contributed by atoms with van der Waals surface area (Å²) in [7, 11) is 0. The van der Waals surface area contributed by atoms with E-state index in [0.717, 1.165) is 0 Å². The minimum atomic E-state index is -4.00. The summed E-state index contributed by atoms with van der Waals surface area (Å²) in [5.41, 5.74) is 0. The Labute approximate surface area is 33.7 Å². The van der Waals surface area contributed by atoms with E-state index in [0.29, 0.717) is 0 Å². The minimum absolute atomic E-state index is 0. The fourth-order valence-corrected chi connectivity index (χ4v) is 0. The molecule has 0 spiro atoms. The van der Waals surface area contributed by atoms with E-state index in [1.54, 1.807) is 0 Å². The Kier molecular flexibility index (Phi) is 3.11. The second kappa shape index (κ2) is 2.02. The fraction of sp³-hybridized carbons (Fsp3) is 1.00. The summed E-state index contributed by atoms with van der Waals surface area (Å²) in [5.74, 6) is 0. The molecule has 3 N–H and O–H groups in total. The lowest BCUT2D eigenvalue weighted by atomic mass is 10.8. The highest BCUT2D eigenvalue weighted by atomic mass is 19.4. The van der Waals surface area contributed by atoms with Crippen molar-refractivity contribution in [3.8, 4) is 0 Å². The molecule has 0 bridgehead atoms. The Morgan fingerprint density at radius 2 is 1.17 bits per heavy atom. The van der Waals surface area contributed by atoms with E-state index < -0.39 is 6.18 Å². The van der Waals surface area contributed by atoms with Crippen LogP contribution < -0.4 is 6.15 Å². The molecule has 40 valence electrons. The Bertz CT molecular complexity index is 24.3. The summed E-state index contributed by atoms with van der Waals surface area (Å²) >= 11 is 0. The highest BCUT2D eigenvalue weighted by molar-refractivity contribution is 4.26. The van der Waals surface area contributed by atoms with E-state index in [-0.39, 0.29) is 13.1 Å². The fourth-order valence-electron chi connectivity index (χ4n) is 0. The van der Waals surface area contributed by atoms with Crippen LogP contribution in [0.5, 0.6) is 0 Å². The Hall–Kier alpha value is -0.250. The summed E-state index contributed by atoms with van der Waals surface area (Å²) in [6.45, 7) is 0.188. The van der Waals surface area contributed by atoms with Crippen LogP contribution in [0.25, 0.3) is 0 Å². The van der Waals surface area contributed by atoms with Gasteiger partial charge in [0, 0.05) is 6.92 Å². The van der Waals surface area contributed by atoms with Crippen molar-refractivity contribution in [3.63, 3.8) is 0 Å². The third kappa shape index (κ3) is 454. The van der Waals surface area contributed by atoms with Crippen molar-refractivity contribution in [2.45, 2.75) is 13.1 Å². The van der Waals surface area contributed by atoms with E-state index in [2.05, 4.69) is 0 Å². The van der Waals surface area contributed by atoms with Crippen LogP contribution in [0.1, 0.15) is 6.92 Å². The van der Waals surface area contributed by atoms with E-state index in [1.807, 2.05) is 0 Å². The molecule has 0 aromatic rings. The third-order valence-electron chi connectivity index (χ3n) is 0. The zero-order chi connectivity index (χ0) is 4.50. The molecule has 0 aliphatic rings. The number of hydrogen-bond donors (Lipinski definition) is 1. The van der Waals surface area contributed by atoms with Gasteiger partial charge < -0.3 is 6.15 Å². The SMILES string of the molecule is CC(F)(F)F.N. The Morgan fingerprint density at radius 1 is 1.17 bits per heavy atom. The van der Waals surface area contributed by atoms with Gasteiger partial charge >= 0.3 is 6.18 Å². The number of alkyl halides is 3. The van der Waals surface area contributed by atoms with Crippen molar-refractivity contribution in [2.75, 3.05) is 0 Å². The van der Waals surface area contributed by atoms with Crippen LogP contribution in [0.3, 0.4) is 0 Å². The summed E-state index contributed by atoms with van der Waals surface area (Å²) in [6, 6.07) is 0. The standard InChI is InChI=1S/C2H3F3.H3N/c1-2(3,4)5;/h1H3;1H3. The molecular formula is C2H6F3N. The van der Waals surface area contributed by atoms with Crippen molar-refractivity contribution in [1.29, 1.82) is 0 Å². The number of halogens is 3. The predicted octanol–water partition coefficient (Wildman–Crippen LogP) is 1.73. The lowest BCUT2D eigenvalue weighted by Crippen LogP contribution is -1.95. The van der Waals surface area contributed by atoms with Crippen molar-refractivity contribution >= 4 is 0 Å². The smallest absolute Gasteiger partial charge is 0.344 e. The highest BCUT2D eigenvalue weighted by Crippen LogP contribution is 2.10. The van der Waals surface area contributed by atoms with Crippen LogP contribution in [0.2, 0.25) is 0 Å². The van der Waals surface area contributed by atoms with Gasteiger partial charge in [-0.25, -0.2) is 0 Å². The van der Waals surface area contributed by atoms with E-state index in [4.69, 9.17) is 0 Å². The van der Waals surface area contributed by atoms with Gasteiger partial charge in [0.1, 0.15) is 0 Å². The second-order valence-corrected chi connectivity index (χ2v) is 0.781. The van der Waals surface area contributed by atoms with Gasteiger partial charge in [-0.1, -0.05) is 0 Å². The Balaban J connectivity index is 0. The average molecular weight is 101 g/mol. The minimum Gasteiger partial charge on any atom is -0.344 e. The largest absolute Gasteiger partial charge is 0.386 e. The van der Waals surface area contributed by atoms with E-state index in [9.17, 15) is 13.2 Å². The van der Waals surface area contributed by atoms with Crippen molar-refractivity contribution in [1.82, 2.24) is 6.15 Å². The molecule has 0 atom stereocenters. The zero-order valence-electron chi connectivity index (χ0n) is 3.34. The summed E-state index contributed by atoms with van der Waals surface area (Å²) in [4.78, 5) is 0. The van der Waals surface area contributed by atoms with Crippen LogP contribution in [-0.2, 0) is 0 Å². The first-order valence-electron chi connectivity index (χ1n) is 1.07. The molecule has 0 aliphatic carbocycles. The lowest BCUT2D eigenvalue weighted by Gasteiger charge is -1.88. The normalized spacial score (nSPS) is 10.0. The summed E-state index contributed by atoms with van der Waals surface area (Å²) < 4.78 is 31.1. The summed E-state index contributed by atoms with van der Waals surface area (Å²) in [5, 5.41) is 0. The molecule has 0 aliphatic heterocycles. The molecule has 0 rings (SSSR count). The highest BCUT2D eigenvalue weighted by Gasteiger charge is 2.15. The molecule has 0 amide bonds. The van der Waals surface area contributed by atoms with Gasteiger partial charge in [0.15, 0.2) is 0 Å². The van der Waals surface area contributed by atoms with E-state index in [1.165, 1.54) is 0 Å². The van der Waals surface area contributed by atoms with Crippen LogP contribution in [0, 0.1) is 0 Å². The average Bonchev–Trinajstić information content (AvgIpc) is 0.722. The molecule has 0 heterocycles. The molecule has 4 heteroatoms.